The number of nitrogens with zero attached hydrogens (tertiary/aromatic N) is 1. The van der Waals surface area contributed by atoms with Crippen molar-refractivity contribution in [1.82, 2.24) is 5.32 Å². The summed E-state index contributed by atoms with van der Waals surface area (Å²) in [6, 6.07) is 6.78. The number of rotatable bonds is 2. The van der Waals surface area contributed by atoms with Gasteiger partial charge in [-0.1, -0.05) is 12.1 Å². The van der Waals surface area contributed by atoms with Gasteiger partial charge in [-0.05, 0) is 12.1 Å². The van der Waals surface area contributed by atoms with Crippen LogP contribution in [0.3, 0.4) is 0 Å². The van der Waals surface area contributed by atoms with E-state index in [0.29, 0.717) is 6.29 Å². The number of carbonyl (C=O) groups excluding carboxylic acids is 1. The van der Waals surface area contributed by atoms with Crippen molar-refractivity contribution in [3.63, 3.8) is 0 Å². The molecule has 1 heterocycles. The van der Waals surface area contributed by atoms with E-state index in [1.807, 2.05) is 0 Å². The van der Waals surface area contributed by atoms with Crippen molar-refractivity contribution in [3.8, 4) is 6.07 Å². The fraction of sp³-hybridized carbons (Fsp3) is 0.333. The van der Waals surface area contributed by atoms with E-state index >= 15 is 0 Å². The van der Waals surface area contributed by atoms with Gasteiger partial charge in [-0.15, -0.1) is 0 Å². The summed E-state index contributed by atoms with van der Waals surface area (Å²) in [5.41, 5.74) is -2.91. The van der Waals surface area contributed by atoms with Crippen LogP contribution in [0, 0.1) is 11.3 Å². The Labute approximate surface area is 106 Å². The van der Waals surface area contributed by atoms with Gasteiger partial charge in [0.15, 0.2) is 0 Å². The van der Waals surface area contributed by atoms with Gasteiger partial charge in [-0.25, -0.2) is 0 Å². The summed E-state index contributed by atoms with van der Waals surface area (Å²) < 4.78 is 44.6. The Kier molecular flexibility index (Phi) is 3.30. The van der Waals surface area contributed by atoms with Crippen molar-refractivity contribution in [2.24, 2.45) is 0 Å². The normalized spacial score (nSPS) is 26.9. The second kappa shape index (κ2) is 4.64. The maximum absolute atomic E-state index is 13.3. The van der Waals surface area contributed by atoms with E-state index in [1.165, 1.54) is 18.2 Å². The van der Waals surface area contributed by atoms with Gasteiger partial charge in [0.1, 0.15) is 12.4 Å². The van der Waals surface area contributed by atoms with Crippen molar-refractivity contribution in [3.05, 3.63) is 35.4 Å². The second-order valence-electron chi connectivity index (χ2n) is 4.04. The first kappa shape index (κ1) is 13.5. The minimum atomic E-state index is -4.75. The Morgan fingerprint density at radius 3 is 2.79 bits per heavy atom. The van der Waals surface area contributed by atoms with Crippen LogP contribution in [-0.2, 0) is 15.3 Å². The number of nitriles is 1. The Bertz CT molecular complexity index is 539. The summed E-state index contributed by atoms with van der Waals surface area (Å²) in [7, 11) is 0. The predicted octanol–water partition coefficient (Wildman–Crippen LogP) is 1.46. The molecule has 0 spiro atoms. The molecule has 0 amide bonds. The lowest BCUT2D eigenvalue weighted by Gasteiger charge is -2.31. The monoisotopic (exact) mass is 270 g/mol. The first-order chi connectivity index (χ1) is 8.93. The highest BCUT2D eigenvalue weighted by atomic mass is 19.4. The zero-order valence-electron chi connectivity index (χ0n) is 9.57. The molecule has 0 radical (unpaired) electrons. The van der Waals surface area contributed by atoms with Gasteiger partial charge in [0.25, 0.3) is 0 Å². The average Bonchev–Trinajstić information content (AvgIpc) is 2.84. The molecule has 1 fully saturated rings. The third-order valence-electron chi connectivity index (χ3n) is 2.83. The summed E-state index contributed by atoms with van der Waals surface area (Å²) in [6.07, 6.45) is -5.61. The second-order valence-corrected chi connectivity index (χ2v) is 4.04. The highest BCUT2D eigenvalue weighted by Gasteiger charge is 2.61. The van der Waals surface area contributed by atoms with Crippen LogP contribution < -0.4 is 5.32 Å². The molecule has 0 bridgehead atoms. The van der Waals surface area contributed by atoms with E-state index < -0.39 is 18.0 Å². The number of carbonyl (C=O) groups is 1. The summed E-state index contributed by atoms with van der Waals surface area (Å²) >= 11 is 0. The van der Waals surface area contributed by atoms with E-state index in [9.17, 15) is 18.0 Å². The van der Waals surface area contributed by atoms with Crippen LogP contribution in [-0.4, -0.2) is 25.1 Å². The zero-order valence-corrected chi connectivity index (χ0v) is 9.57. The number of benzene rings is 1. The molecule has 1 N–H and O–H groups in total. The van der Waals surface area contributed by atoms with Gasteiger partial charge in [0, 0.05) is 12.1 Å². The molecule has 2 atom stereocenters. The number of halogens is 3. The molecule has 0 aliphatic carbocycles. The van der Waals surface area contributed by atoms with Crippen LogP contribution in [0.5, 0.6) is 0 Å². The minimum Gasteiger partial charge on any atom is -0.336 e. The lowest BCUT2D eigenvalue weighted by atomic mass is 10.0. The molecule has 1 aromatic rings. The SMILES string of the molecule is N#Cc1cccc(C2(C(F)(F)F)NCC(C=O)O2)c1. The van der Waals surface area contributed by atoms with Gasteiger partial charge in [0.05, 0.1) is 11.6 Å². The number of aldehydes is 1. The molecule has 2 rings (SSSR count). The van der Waals surface area contributed by atoms with Gasteiger partial charge in [0.2, 0.25) is 5.72 Å². The molecule has 100 valence electrons. The standard InChI is InChI=1S/C12H9F3N2O2/c13-12(14,15)11(17-6-10(7-18)19-11)9-3-1-2-8(4-9)5-16/h1-4,7,10,17H,6H2. The highest BCUT2D eigenvalue weighted by Crippen LogP contribution is 2.43. The highest BCUT2D eigenvalue weighted by molar-refractivity contribution is 5.57. The predicted molar refractivity (Wildman–Crippen MR) is 57.8 cm³/mol. The topological polar surface area (TPSA) is 62.1 Å². The molecular formula is C12H9F3N2O2. The third-order valence-corrected chi connectivity index (χ3v) is 2.83. The zero-order chi connectivity index (χ0) is 14.1. The van der Waals surface area contributed by atoms with E-state index in [2.05, 4.69) is 5.32 Å². The molecule has 2 unspecified atom stereocenters. The largest absolute Gasteiger partial charge is 0.435 e. The smallest absolute Gasteiger partial charge is 0.336 e. The third kappa shape index (κ3) is 2.20. The van der Waals surface area contributed by atoms with Crippen molar-refractivity contribution >= 4 is 6.29 Å². The summed E-state index contributed by atoms with van der Waals surface area (Å²) in [5, 5.41) is 10.9. The van der Waals surface area contributed by atoms with Crippen LogP contribution >= 0.6 is 0 Å². The Hall–Kier alpha value is -1.91. The van der Waals surface area contributed by atoms with E-state index in [4.69, 9.17) is 10.00 Å². The van der Waals surface area contributed by atoms with Crippen LogP contribution in [0.1, 0.15) is 11.1 Å². The van der Waals surface area contributed by atoms with Crippen molar-refractivity contribution in [2.75, 3.05) is 6.54 Å². The van der Waals surface area contributed by atoms with E-state index in [-0.39, 0.29) is 17.7 Å². The molecule has 0 aromatic heterocycles. The summed E-state index contributed by atoms with van der Waals surface area (Å²) in [5.74, 6) is 0. The Morgan fingerprint density at radius 1 is 1.53 bits per heavy atom. The molecule has 1 aliphatic heterocycles. The molecular weight excluding hydrogens is 261 g/mol. The fourth-order valence-corrected chi connectivity index (χ4v) is 1.94. The first-order valence-corrected chi connectivity index (χ1v) is 5.38. The van der Waals surface area contributed by atoms with Gasteiger partial charge < -0.3 is 9.53 Å². The summed E-state index contributed by atoms with van der Waals surface area (Å²) in [4.78, 5) is 10.6. The number of ether oxygens (including phenoxy) is 1. The van der Waals surface area contributed by atoms with Crippen molar-refractivity contribution in [2.45, 2.75) is 18.0 Å². The van der Waals surface area contributed by atoms with E-state index in [0.717, 1.165) is 6.07 Å². The van der Waals surface area contributed by atoms with Crippen LogP contribution in [0.25, 0.3) is 0 Å². The maximum Gasteiger partial charge on any atom is 0.435 e. The van der Waals surface area contributed by atoms with Gasteiger partial charge in [-0.3, -0.25) is 5.32 Å². The van der Waals surface area contributed by atoms with Gasteiger partial charge in [-0.2, -0.15) is 18.4 Å². The summed E-state index contributed by atoms with van der Waals surface area (Å²) in [6.45, 7) is -0.236. The van der Waals surface area contributed by atoms with Crippen molar-refractivity contribution in [1.29, 1.82) is 5.26 Å². The van der Waals surface area contributed by atoms with Crippen LogP contribution in [0.4, 0.5) is 13.2 Å². The average molecular weight is 270 g/mol. The first-order valence-electron chi connectivity index (χ1n) is 5.38. The quantitative estimate of drug-likeness (QED) is 0.826. The minimum absolute atomic E-state index is 0.0843. The lowest BCUT2D eigenvalue weighted by molar-refractivity contribution is -0.283. The number of hydrogen-bond donors (Lipinski definition) is 1. The fourth-order valence-electron chi connectivity index (χ4n) is 1.94. The van der Waals surface area contributed by atoms with Crippen LogP contribution in [0.15, 0.2) is 24.3 Å². The number of alkyl halides is 3. The molecule has 4 nitrogen and oxygen atoms in total. The molecule has 7 heteroatoms. The number of nitrogens with one attached hydrogen (secondary N) is 1. The molecule has 1 saturated heterocycles. The maximum atomic E-state index is 13.3. The van der Waals surface area contributed by atoms with Gasteiger partial charge >= 0.3 is 6.18 Å². The molecule has 1 aromatic carbocycles. The number of hydrogen-bond acceptors (Lipinski definition) is 4. The van der Waals surface area contributed by atoms with Crippen LogP contribution in [0.2, 0.25) is 0 Å². The van der Waals surface area contributed by atoms with Crippen molar-refractivity contribution < 1.29 is 22.7 Å². The molecule has 19 heavy (non-hydrogen) atoms. The Balaban J connectivity index is 2.51. The molecule has 0 saturated carbocycles. The molecule has 1 aliphatic rings. The Morgan fingerprint density at radius 2 is 2.26 bits per heavy atom. The van der Waals surface area contributed by atoms with E-state index in [1.54, 1.807) is 6.07 Å². The lowest BCUT2D eigenvalue weighted by Crippen LogP contribution is -2.51.